The van der Waals surface area contributed by atoms with Gasteiger partial charge in [0.15, 0.2) is 12.4 Å². The first-order valence-electron chi connectivity index (χ1n) is 6.08. The Morgan fingerprint density at radius 3 is 2.94 bits per heavy atom. The lowest BCUT2D eigenvalue weighted by atomic mass is 10.2. The summed E-state index contributed by atoms with van der Waals surface area (Å²) in [6, 6.07) is 7.32. The molecule has 2 rings (SSSR count). The van der Waals surface area contributed by atoms with Crippen molar-refractivity contribution in [2.75, 3.05) is 5.73 Å². The maximum absolute atomic E-state index is 5.76. The van der Waals surface area contributed by atoms with E-state index in [4.69, 9.17) is 15.0 Å². The largest absolute Gasteiger partial charge is 0.482 e. The summed E-state index contributed by atoms with van der Waals surface area (Å²) in [4.78, 5) is 4.25. The highest BCUT2D eigenvalue weighted by Gasteiger charge is 2.07. The summed E-state index contributed by atoms with van der Waals surface area (Å²) in [7, 11) is 0. The number of nitrogens with zero attached hydrogens (tertiary/aromatic N) is 2. The Kier molecular flexibility index (Phi) is 4.17. The van der Waals surface area contributed by atoms with Gasteiger partial charge in [0, 0.05) is 6.42 Å². The number of anilines is 1. The topological polar surface area (TPSA) is 74.2 Å². The van der Waals surface area contributed by atoms with Crippen LogP contribution in [0.2, 0.25) is 0 Å². The summed E-state index contributed by atoms with van der Waals surface area (Å²) in [5.74, 6) is 1.84. The molecule has 0 fully saturated rings. The van der Waals surface area contributed by atoms with Crippen molar-refractivity contribution < 1.29 is 9.26 Å². The van der Waals surface area contributed by atoms with Gasteiger partial charge in [0.05, 0.1) is 5.69 Å². The fourth-order valence-corrected chi connectivity index (χ4v) is 1.54. The van der Waals surface area contributed by atoms with Crippen LogP contribution in [0.5, 0.6) is 5.75 Å². The Hall–Kier alpha value is -2.04. The summed E-state index contributed by atoms with van der Waals surface area (Å²) in [5, 5.41) is 3.89. The van der Waals surface area contributed by atoms with Crippen molar-refractivity contribution in [3.8, 4) is 5.75 Å². The molecule has 18 heavy (non-hydrogen) atoms. The zero-order valence-electron chi connectivity index (χ0n) is 10.4. The lowest BCUT2D eigenvalue weighted by Crippen LogP contribution is -1.99. The zero-order valence-corrected chi connectivity index (χ0v) is 10.4. The minimum Gasteiger partial charge on any atom is -0.482 e. The third kappa shape index (κ3) is 3.23. The fourth-order valence-electron chi connectivity index (χ4n) is 1.54. The molecule has 0 amide bonds. The second-order valence-corrected chi connectivity index (χ2v) is 4.03. The average Bonchev–Trinajstić information content (AvgIpc) is 2.83. The van der Waals surface area contributed by atoms with Gasteiger partial charge in [-0.1, -0.05) is 30.6 Å². The number of hydrogen-bond acceptors (Lipinski definition) is 5. The van der Waals surface area contributed by atoms with Crippen molar-refractivity contribution in [1.29, 1.82) is 0 Å². The molecule has 0 saturated carbocycles. The van der Waals surface area contributed by atoms with E-state index >= 15 is 0 Å². The molecule has 0 aliphatic heterocycles. The maximum atomic E-state index is 5.76. The second-order valence-electron chi connectivity index (χ2n) is 4.03. The fraction of sp³-hybridized carbons (Fsp3) is 0.385. The monoisotopic (exact) mass is 247 g/mol. The van der Waals surface area contributed by atoms with Gasteiger partial charge in [-0.3, -0.25) is 0 Å². The molecule has 0 aliphatic carbocycles. The number of ether oxygens (including phenoxy) is 1. The number of nitrogens with two attached hydrogens (primary N) is 1. The summed E-state index contributed by atoms with van der Waals surface area (Å²) >= 11 is 0. The van der Waals surface area contributed by atoms with Crippen LogP contribution >= 0.6 is 0 Å². The number of aryl methyl sites for hydroxylation is 1. The summed E-state index contributed by atoms with van der Waals surface area (Å²) < 4.78 is 10.6. The van der Waals surface area contributed by atoms with E-state index in [-0.39, 0.29) is 6.61 Å². The Morgan fingerprint density at radius 1 is 1.33 bits per heavy atom. The first-order valence-corrected chi connectivity index (χ1v) is 6.08. The van der Waals surface area contributed by atoms with Gasteiger partial charge in [0.2, 0.25) is 0 Å². The van der Waals surface area contributed by atoms with Crippen molar-refractivity contribution in [3.63, 3.8) is 0 Å². The molecule has 0 bridgehead atoms. The minimum absolute atomic E-state index is 0.243. The molecule has 0 saturated heterocycles. The molecule has 0 spiro atoms. The van der Waals surface area contributed by atoms with Gasteiger partial charge in [-0.15, -0.1) is 0 Å². The summed E-state index contributed by atoms with van der Waals surface area (Å²) in [6.07, 6.45) is 3.01. The minimum atomic E-state index is 0.243. The Balaban J connectivity index is 1.90. The molecule has 0 unspecified atom stereocenters. The number of unbranched alkanes of at least 4 members (excludes halogenated alkanes) is 1. The smallest absolute Gasteiger partial charge is 0.264 e. The van der Waals surface area contributed by atoms with Crippen LogP contribution < -0.4 is 10.5 Å². The first kappa shape index (κ1) is 12.4. The predicted molar refractivity (Wildman–Crippen MR) is 68.1 cm³/mol. The van der Waals surface area contributed by atoms with E-state index in [2.05, 4.69) is 17.1 Å². The van der Waals surface area contributed by atoms with Crippen molar-refractivity contribution in [2.24, 2.45) is 0 Å². The lowest BCUT2D eigenvalue weighted by molar-refractivity contribution is 0.243. The molecule has 1 aromatic carbocycles. The molecule has 5 heteroatoms. The van der Waals surface area contributed by atoms with Gasteiger partial charge in [0.25, 0.3) is 5.89 Å². The van der Waals surface area contributed by atoms with Gasteiger partial charge in [-0.25, -0.2) is 0 Å². The number of benzene rings is 1. The van der Waals surface area contributed by atoms with E-state index < -0.39 is 0 Å². The SMILES string of the molecule is CCCCc1noc(COc2ccccc2N)n1. The summed E-state index contributed by atoms with van der Waals surface area (Å²) in [5.41, 5.74) is 6.36. The molecular formula is C13H17N3O2. The molecule has 0 radical (unpaired) electrons. The number of aromatic nitrogens is 2. The average molecular weight is 247 g/mol. The van der Waals surface area contributed by atoms with Gasteiger partial charge >= 0.3 is 0 Å². The van der Waals surface area contributed by atoms with Crippen molar-refractivity contribution in [3.05, 3.63) is 36.0 Å². The third-order valence-corrected chi connectivity index (χ3v) is 2.53. The van der Waals surface area contributed by atoms with Crippen LogP contribution in [0.25, 0.3) is 0 Å². The van der Waals surface area contributed by atoms with Gasteiger partial charge in [-0.05, 0) is 18.6 Å². The van der Waals surface area contributed by atoms with E-state index in [0.29, 0.717) is 17.3 Å². The van der Waals surface area contributed by atoms with E-state index in [1.54, 1.807) is 6.07 Å². The highest BCUT2D eigenvalue weighted by Crippen LogP contribution is 2.20. The molecule has 2 N–H and O–H groups in total. The van der Waals surface area contributed by atoms with Crippen molar-refractivity contribution >= 4 is 5.69 Å². The van der Waals surface area contributed by atoms with Gasteiger partial charge < -0.3 is 15.0 Å². The standard InChI is InChI=1S/C13H17N3O2/c1-2-3-8-12-15-13(18-16-12)9-17-11-7-5-4-6-10(11)14/h4-7H,2-3,8-9,14H2,1H3. The highest BCUT2D eigenvalue weighted by atomic mass is 16.5. The maximum Gasteiger partial charge on any atom is 0.264 e. The van der Waals surface area contributed by atoms with E-state index in [9.17, 15) is 0 Å². The molecule has 1 aromatic heterocycles. The normalized spacial score (nSPS) is 10.5. The molecule has 2 aromatic rings. The Morgan fingerprint density at radius 2 is 2.17 bits per heavy atom. The molecule has 1 heterocycles. The second kappa shape index (κ2) is 6.05. The highest BCUT2D eigenvalue weighted by molar-refractivity contribution is 5.51. The van der Waals surface area contributed by atoms with Crippen molar-refractivity contribution in [1.82, 2.24) is 10.1 Å². The molecular weight excluding hydrogens is 230 g/mol. The van der Waals surface area contributed by atoms with Gasteiger partial charge in [-0.2, -0.15) is 4.98 Å². The number of nitrogen functional groups attached to an aromatic ring is 1. The van der Waals surface area contributed by atoms with Crippen LogP contribution in [0.15, 0.2) is 28.8 Å². The molecule has 96 valence electrons. The Bertz CT molecular complexity index is 496. The lowest BCUT2D eigenvalue weighted by Gasteiger charge is -2.05. The number of rotatable bonds is 6. The molecule has 0 atom stereocenters. The van der Waals surface area contributed by atoms with E-state index in [0.717, 1.165) is 25.1 Å². The molecule has 0 aliphatic rings. The number of hydrogen-bond donors (Lipinski definition) is 1. The van der Waals surface area contributed by atoms with Crippen LogP contribution in [0, 0.1) is 0 Å². The zero-order chi connectivity index (χ0) is 12.8. The predicted octanol–water partition coefficient (Wildman–Crippen LogP) is 2.57. The van der Waals surface area contributed by atoms with Gasteiger partial charge in [0.1, 0.15) is 5.75 Å². The van der Waals surface area contributed by atoms with Crippen LogP contribution in [0.1, 0.15) is 31.5 Å². The van der Waals surface area contributed by atoms with Crippen LogP contribution in [-0.2, 0) is 13.0 Å². The number of para-hydroxylation sites is 2. The first-order chi connectivity index (χ1) is 8.79. The van der Waals surface area contributed by atoms with Crippen LogP contribution in [0.4, 0.5) is 5.69 Å². The third-order valence-electron chi connectivity index (χ3n) is 2.53. The van der Waals surface area contributed by atoms with Crippen LogP contribution in [0.3, 0.4) is 0 Å². The molecule has 5 nitrogen and oxygen atoms in total. The van der Waals surface area contributed by atoms with E-state index in [1.165, 1.54) is 0 Å². The quantitative estimate of drug-likeness (QED) is 0.794. The van der Waals surface area contributed by atoms with Crippen LogP contribution in [-0.4, -0.2) is 10.1 Å². The van der Waals surface area contributed by atoms with Crippen molar-refractivity contribution in [2.45, 2.75) is 32.8 Å². The summed E-state index contributed by atoms with van der Waals surface area (Å²) in [6.45, 7) is 2.37. The van der Waals surface area contributed by atoms with E-state index in [1.807, 2.05) is 18.2 Å². The Labute approximate surface area is 106 Å².